The highest BCUT2D eigenvalue weighted by Crippen LogP contribution is 2.28. The Bertz CT molecular complexity index is 229. The van der Waals surface area contributed by atoms with Crippen molar-refractivity contribution in [2.24, 2.45) is 0 Å². The maximum atomic E-state index is 12.9. The minimum absolute atomic E-state index is 0.272. The highest BCUT2D eigenvalue weighted by molar-refractivity contribution is 5.38. The van der Waals surface area contributed by atoms with Crippen molar-refractivity contribution >= 4 is 0 Å². The first-order valence-corrected chi connectivity index (χ1v) is 3.29. The van der Waals surface area contributed by atoms with Crippen LogP contribution < -0.4 is 0 Å². The Morgan fingerprint density at radius 2 is 1.33 bits per heavy atom. The van der Waals surface area contributed by atoms with Gasteiger partial charge in [0.2, 0.25) is 5.82 Å². The summed E-state index contributed by atoms with van der Waals surface area (Å²) in [6.07, 6.45) is 0. The second-order valence-corrected chi connectivity index (χ2v) is 2.54. The minimum Gasteiger partial charge on any atom is -0.504 e. The van der Waals surface area contributed by atoms with Crippen LogP contribution in [0.5, 0.6) is 5.75 Å². The van der Waals surface area contributed by atoms with Crippen LogP contribution in [0.3, 0.4) is 0 Å². The van der Waals surface area contributed by atoms with Gasteiger partial charge in [-0.3, -0.25) is 0 Å². The molecule has 0 unspecified atom stereocenters. The molecule has 66 valence electrons. The van der Waals surface area contributed by atoms with Gasteiger partial charge in [-0.25, -0.2) is 8.78 Å². The molecule has 0 aliphatic carbocycles. The number of rotatable bonds is 0. The van der Waals surface area contributed by atoms with E-state index in [2.05, 4.69) is 0 Å². The Morgan fingerprint density at radius 3 is 1.83 bits per heavy atom. The number of halogens is 3. The third-order valence-electron chi connectivity index (χ3n) is 1.74. The molecule has 1 N–H and O–H groups in total. The number of phenols is 1. The van der Waals surface area contributed by atoms with Crippen LogP contribution in [0.2, 0.25) is 0 Å². The molecule has 0 bridgehead atoms. The van der Waals surface area contributed by atoms with Gasteiger partial charge in [0, 0.05) is 11.1 Å². The van der Waals surface area contributed by atoms with E-state index >= 15 is 0 Å². The molecule has 12 heavy (non-hydrogen) atoms. The molecule has 4 heteroatoms. The van der Waals surface area contributed by atoms with E-state index in [9.17, 15) is 13.2 Å². The number of hydrogen-bond acceptors (Lipinski definition) is 1. The van der Waals surface area contributed by atoms with E-state index < -0.39 is 28.8 Å². The normalized spacial score (nSPS) is 10.4. The average Bonchev–Trinajstić information content (AvgIpc) is 2.08. The number of aromatic hydroxyl groups is 1. The van der Waals surface area contributed by atoms with E-state index in [0.29, 0.717) is 0 Å². The van der Waals surface area contributed by atoms with Crippen LogP contribution >= 0.6 is 0 Å². The van der Waals surface area contributed by atoms with Crippen molar-refractivity contribution in [2.75, 3.05) is 0 Å². The van der Waals surface area contributed by atoms with Gasteiger partial charge in [0.05, 0.1) is 0 Å². The third-order valence-corrected chi connectivity index (χ3v) is 1.74. The molecule has 0 radical (unpaired) electrons. The molecule has 0 spiro atoms. The molecule has 0 heterocycles. The summed E-state index contributed by atoms with van der Waals surface area (Å²) >= 11 is 0. The van der Waals surface area contributed by atoms with Crippen molar-refractivity contribution in [3.63, 3.8) is 0 Å². The molecule has 0 aliphatic rings. The van der Waals surface area contributed by atoms with Crippen LogP contribution in [-0.2, 0) is 0 Å². The third kappa shape index (κ3) is 1.03. The molecule has 0 aromatic heterocycles. The molecule has 0 fully saturated rings. The van der Waals surface area contributed by atoms with Gasteiger partial charge in [0.25, 0.3) is 0 Å². The zero-order valence-electron chi connectivity index (χ0n) is 6.58. The van der Waals surface area contributed by atoms with Crippen LogP contribution in [0.1, 0.15) is 11.1 Å². The molecule has 0 atom stereocenters. The monoisotopic (exact) mass is 176 g/mol. The van der Waals surface area contributed by atoms with Gasteiger partial charge in [0.15, 0.2) is 11.6 Å². The summed E-state index contributed by atoms with van der Waals surface area (Å²) in [5.74, 6) is -4.61. The molecular weight excluding hydrogens is 169 g/mol. The van der Waals surface area contributed by atoms with Crippen LogP contribution in [0.15, 0.2) is 0 Å². The summed E-state index contributed by atoms with van der Waals surface area (Å²) in [7, 11) is 0. The fourth-order valence-electron chi connectivity index (χ4n) is 0.915. The lowest BCUT2D eigenvalue weighted by atomic mass is 10.1. The van der Waals surface area contributed by atoms with Gasteiger partial charge in [-0.1, -0.05) is 0 Å². The highest BCUT2D eigenvalue weighted by Gasteiger charge is 2.18. The summed E-state index contributed by atoms with van der Waals surface area (Å²) in [6.45, 7) is 2.29. The summed E-state index contributed by atoms with van der Waals surface area (Å²) < 4.78 is 38.2. The van der Waals surface area contributed by atoms with Crippen molar-refractivity contribution in [3.8, 4) is 5.75 Å². The maximum absolute atomic E-state index is 12.9. The Hall–Kier alpha value is -1.19. The van der Waals surface area contributed by atoms with Gasteiger partial charge < -0.3 is 5.11 Å². The van der Waals surface area contributed by atoms with E-state index in [1.54, 1.807) is 0 Å². The van der Waals surface area contributed by atoms with Gasteiger partial charge in [0.1, 0.15) is 5.82 Å². The molecule has 1 nitrogen and oxygen atoms in total. The summed E-state index contributed by atoms with van der Waals surface area (Å²) in [5.41, 5.74) is -0.686. The topological polar surface area (TPSA) is 20.2 Å². The molecule has 1 aromatic carbocycles. The fourth-order valence-corrected chi connectivity index (χ4v) is 0.915. The Morgan fingerprint density at radius 1 is 0.833 bits per heavy atom. The lowest BCUT2D eigenvalue weighted by molar-refractivity contribution is 0.391. The molecular formula is C8H7F3O. The SMILES string of the molecule is Cc1c(O)c(F)c(F)c(C)c1F. The quantitative estimate of drug-likeness (QED) is 0.602. The second kappa shape index (κ2) is 2.69. The van der Waals surface area contributed by atoms with Crippen molar-refractivity contribution < 1.29 is 18.3 Å². The largest absolute Gasteiger partial charge is 0.504 e. The standard InChI is InChI=1S/C8H7F3O/c1-3-5(9)4(2)8(12)7(11)6(3)10/h12H,1-2H3. The van der Waals surface area contributed by atoms with Crippen molar-refractivity contribution in [1.29, 1.82) is 0 Å². The van der Waals surface area contributed by atoms with Crippen molar-refractivity contribution in [3.05, 3.63) is 28.6 Å². The van der Waals surface area contributed by atoms with E-state index in [-0.39, 0.29) is 5.56 Å². The zero-order chi connectivity index (χ0) is 9.46. The van der Waals surface area contributed by atoms with E-state index in [1.165, 1.54) is 6.92 Å². The van der Waals surface area contributed by atoms with E-state index in [1.807, 2.05) is 0 Å². The first kappa shape index (κ1) is 8.90. The Kier molecular flexibility index (Phi) is 2.00. The first-order chi connectivity index (χ1) is 5.46. The number of benzene rings is 1. The molecule has 1 rings (SSSR count). The summed E-state index contributed by atoms with van der Waals surface area (Å²) in [4.78, 5) is 0. The lowest BCUT2D eigenvalue weighted by Gasteiger charge is -2.06. The van der Waals surface area contributed by atoms with Crippen molar-refractivity contribution in [1.82, 2.24) is 0 Å². The van der Waals surface area contributed by atoms with Crippen LogP contribution in [-0.4, -0.2) is 5.11 Å². The lowest BCUT2D eigenvalue weighted by Crippen LogP contribution is -1.98. The molecule has 1 aromatic rings. The number of phenolic OH excluding ortho intramolecular Hbond substituents is 1. The van der Waals surface area contributed by atoms with Gasteiger partial charge >= 0.3 is 0 Å². The van der Waals surface area contributed by atoms with Crippen LogP contribution in [0.4, 0.5) is 13.2 Å². The second-order valence-electron chi connectivity index (χ2n) is 2.54. The predicted octanol–water partition coefficient (Wildman–Crippen LogP) is 2.43. The fraction of sp³-hybridized carbons (Fsp3) is 0.250. The smallest absolute Gasteiger partial charge is 0.201 e. The van der Waals surface area contributed by atoms with Gasteiger partial charge in [-0.15, -0.1) is 0 Å². The van der Waals surface area contributed by atoms with Crippen molar-refractivity contribution in [2.45, 2.75) is 13.8 Å². The number of hydrogen-bond donors (Lipinski definition) is 1. The minimum atomic E-state index is -1.40. The maximum Gasteiger partial charge on any atom is 0.201 e. The molecule has 0 saturated carbocycles. The van der Waals surface area contributed by atoms with E-state index in [0.717, 1.165) is 6.92 Å². The Labute approximate surface area is 67.5 Å². The van der Waals surface area contributed by atoms with E-state index in [4.69, 9.17) is 5.11 Å². The summed E-state index contributed by atoms with van der Waals surface area (Å²) in [5, 5.41) is 8.84. The highest BCUT2D eigenvalue weighted by atomic mass is 19.2. The average molecular weight is 176 g/mol. The summed E-state index contributed by atoms with van der Waals surface area (Å²) in [6, 6.07) is 0. The van der Waals surface area contributed by atoms with Gasteiger partial charge in [-0.05, 0) is 13.8 Å². The molecule has 0 aliphatic heterocycles. The zero-order valence-corrected chi connectivity index (χ0v) is 6.58. The van der Waals surface area contributed by atoms with Crippen LogP contribution in [0.25, 0.3) is 0 Å². The predicted molar refractivity (Wildman–Crippen MR) is 37.5 cm³/mol. The molecule has 0 amide bonds. The van der Waals surface area contributed by atoms with Crippen LogP contribution in [0, 0.1) is 31.3 Å². The van der Waals surface area contributed by atoms with Gasteiger partial charge in [-0.2, -0.15) is 4.39 Å². The first-order valence-electron chi connectivity index (χ1n) is 3.29. The molecule has 0 saturated heterocycles. The Balaban J connectivity index is 3.60.